The molecule has 1 heterocycles. The molecule has 0 bridgehead atoms. The van der Waals surface area contributed by atoms with E-state index in [1.54, 1.807) is 4.90 Å². The van der Waals surface area contributed by atoms with Crippen LogP contribution in [0.2, 0.25) is 0 Å². The molecule has 0 radical (unpaired) electrons. The summed E-state index contributed by atoms with van der Waals surface area (Å²) in [7, 11) is 0. The Balaban J connectivity index is 2.58. The number of nitrogens with zero attached hydrogens (tertiary/aromatic N) is 1. The molecule has 4 nitrogen and oxygen atoms in total. The molecule has 1 amide bonds. The normalized spacial score (nSPS) is 26.2. The first kappa shape index (κ1) is 15.2. The lowest BCUT2D eigenvalue weighted by molar-refractivity contribution is 0.0280. The van der Waals surface area contributed by atoms with E-state index in [2.05, 4.69) is 0 Å². The molecule has 0 spiro atoms. The Labute approximate surface area is 108 Å². The largest absolute Gasteiger partial charge is 0.444 e. The van der Waals surface area contributed by atoms with Crippen molar-refractivity contribution in [3.8, 4) is 0 Å². The van der Waals surface area contributed by atoms with Crippen LogP contribution in [0.3, 0.4) is 0 Å². The lowest BCUT2D eigenvalue weighted by Gasteiger charge is -2.24. The van der Waals surface area contributed by atoms with Gasteiger partial charge < -0.3 is 14.7 Å². The van der Waals surface area contributed by atoms with Gasteiger partial charge in [0.15, 0.2) is 0 Å². The molecule has 0 aliphatic carbocycles. The van der Waals surface area contributed by atoms with Crippen molar-refractivity contribution in [3.63, 3.8) is 0 Å². The number of halogens is 1. The number of hydrogen-bond acceptors (Lipinski definition) is 3. The molecule has 0 aromatic heterocycles. The van der Waals surface area contributed by atoms with Gasteiger partial charge >= 0.3 is 6.09 Å². The molecule has 5 heteroatoms. The molecular formula is C13H24FNO3. The minimum atomic E-state index is -0.914. The van der Waals surface area contributed by atoms with Crippen LogP contribution in [0.1, 0.15) is 34.1 Å². The smallest absolute Gasteiger partial charge is 0.410 e. The molecular weight excluding hydrogens is 237 g/mol. The summed E-state index contributed by atoms with van der Waals surface area (Å²) in [6, 6.07) is 0. The molecule has 1 aliphatic rings. The minimum Gasteiger partial charge on any atom is -0.444 e. The van der Waals surface area contributed by atoms with E-state index >= 15 is 0 Å². The number of likely N-dealkylation sites (tertiary alicyclic amines) is 1. The van der Waals surface area contributed by atoms with E-state index < -0.39 is 11.8 Å². The van der Waals surface area contributed by atoms with Gasteiger partial charge in [0.25, 0.3) is 0 Å². The summed E-state index contributed by atoms with van der Waals surface area (Å²) in [6.45, 7) is 7.83. The molecule has 1 N–H and O–H groups in total. The number of alkyl halides is 1. The number of carbonyl (C=O) groups is 1. The molecule has 1 fully saturated rings. The zero-order chi connectivity index (χ0) is 13.9. The van der Waals surface area contributed by atoms with Crippen molar-refractivity contribution >= 4 is 6.09 Å². The van der Waals surface area contributed by atoms with E-state index in [0.29, 0.717) is 19.5 Å². The van der Waals surface area contributed by atoms with E-state index in [9.17, 15) is 14.3 Å². The SMILES string of the molecule is CC(F)CC1CN(C(=O)OC(C)(C)C)CC1CO. The van der Waals surface area contributed by atoms with Gasteiger partial charge in [-0.25, -0.2) is 9.18 Å². The summed E-state index contributed by atoms with van der Waals surface area (Å²) in [4.78, 5) is 13.5. The monoisotopic (exact) mass is 261 g/mol. The number of hydrogen-bond donors (Lipinski definition) is 1. The predicted molar refractivity (Wildman–Crippen MR) is 67.1 cm³/mol. The number of rotatable bonds is 3. The molecule has 1 rings (SSSR count). The summed E-state index contributed by atoms with van der Waals surface area (Å²) in [5, 5.41) is 9.28. The van der Waals surface area contributed by atoms with Crippen LogP contribution in [-0.2, 0) is 4.74 Å². The van der Waals surface area contributed by atoms with Crippen LogP contribution in [0.15, 0.2) is 0 Å². The van der Waals surface area contributed by atoms with Crippen LogP contribution in [0.4, 0.5) is 9.18 Å². The van der Waals surface area contributed by atoms with Crippen molar-refractivity contribution in [3.05, 3.63) is 0 Å². The second kappa shape index (κ2) is 5.87. The van der Waals surface area contributed by atoms with Crippen molar-refractivity contribution in [2.24, 2.45) is 11.8 Å². The Kier molecular flexibility index (Phi) is 4.96. The fourth-order valence-electron chi connectivity index (χ4n) is 2.31. The third-order valence-corrected chi connectivity index (χ3v) is 3.09. The molecule has 1 aliphatic heterocycles. The lowest BCUT2D eigenvalue weighted by Crippen LogP contribution is -2.35. The highest BCUT2D eigenvalue weighted by molar-refractivity contribution is 5.68. The molecule has 1 saturated heterocycles. The summed E-state index contributed by atoms with van der Waals surface area (Å²) in [5.41, 5.74) is -0.530. The summed E-state index contributed by atoms with van der Waals surface area (Å²) in [6.07, 6.45) is -0.914. The number of aliphatic hydroxyl groups excluding tert-OH is 1. The molecule has 18 heavy (non-hydrogen) atoms. The maximum atomic E-state index is 13.0. The first-order valence-corrected chi connectivity index (χ1v) is 6.45. The lowest BCUT2D eigenvalue weighted by atomic mass is 9.92. The molecule has 0 aromatic carbocycles. The number of amides is 1. The van der Waals surface area contributed by atoms with Crippen LogP contribution in [-0.4, -0.2) is 47.6 Å². The Morgan fingerprint density at radius 3 is 2.44 bits per heavy atom. The molecule has 106 valence electrons. The van der Waals surface area contributed by atoms with Gasteiger partial charge in [0, 0.05) is 25.6 Å². The number of aliphatic hydroxyl groups is 1. The topological polar surface area (TPSA) is 49.8 Å². The fraction of sp³-hybridized carbons (Fsp3) is 0.923. The Bertz CT molecular complexity index is 288. The highest BCUT2D eigenvalue weighted by atomic mass is 19.1. The Morgan fingerprint density at radius 2 is 2.00 bits per heavy atom. The zero-order valence-electron chi connectivity index (χ0n) is 11.6. The van der Waals surface area contributed by atoms with Crippen molar-refractivity contribution in [2.45, 2.75) is 45.9 Å². The predicted octanol–water partition coefficient (Wildman–Crippen LogP) is 2.21. The zero-order valence-corrected chi connectivity index (χ0v) is 11.6. The van der Waals surface area contributed by atoms with Gasteiger partial charge in [-0.1, -0.05) is 0 Å². The molecule has 3 unspecified atom stereocenters. The van der Waals surface area contributed by atoms with Crippen LogP contribution < -0.4 is 0 Å². The quantitative estimate of drug-likeness (QED) is 0.847. The maximum Gasteiger partial charge on any atom is 0.410 e. The number of carbonyl (C=O) groups excluding carboxylic acids is 1. The van der Waals surface area contributed by atoms with Gasteiger partial charge in [0.1, 0.15) is 5.60 Å². The van der Waals surface area contributed by atoms with Crippen molar-refractivity contribution in [1.82, 2.24) is 4.90 Å². The highest BCUT2D eigenvalue weighted by Crippen LogP contribution is 2.29. The molecule has 0 saturated carbocycles. The van der Waals surface area contributed by atoms with Gasteiger partial charge in [-0.15, -0.1) is 0 Å². The van der Waals surface area contributed by atoms with E-state index in [-0.39, 0.29) is 24.5 Å². The van der Waals surface area contributed by atoms with Crippen molar-refractivity contribution < 1.29 is 19.0 Å². The fourth-order valence-corrected chi connectivity index (χ4v) is 2.31. The van der Waals surface area contributed by atoms with E-state index in [4.69, 9.17) is 4.74 Å². The summed E-state index contributed by atoms with van der Waals surface area (Å²) >= 11 is 0. The van der Waals surface area contributed by atoms with Gasteiger partial charge in [-0.3, -0.25) is 0 Å². The third kappa shape index (κ3) is 4.44. The Hall–Kier alpha value is -0.840. The number of ether oxygens (including phenoxy) is 1. The van der Waals surface area contributed by atoms with Gasteiger partial charge in [-0.05, 0) is 40.0 Å². The second-order valence-electron chi connectivity index (χ2n) is 6.10. The molecule has 3 atom stereocenters. The van der Waals surface area contributed by atoms with Gasteiger partial charge in [-0.2, -0.15) is 0 Å². The van der Waals surface area contributed by atoms with Crippen LogP contribution in [0, 0.1) is 11.8 Å². The molecule has 0 aromatic rings. The van der Waals surface area contributed by atoms with E-state index in [0.717, 1.165) is 0 Å². The first-order valence-electron chi connectivity index (χ1n) is 6.45. The average Bonchev–Trinajstić information content (AvgIpc) is 2.57. The highest BCUT2D eigenvalue weighted by Gasteiger charge is 2.37. The van der Waals surface area contributed by atoms with E-state index in [1.807, 2.05) is 20.8 Å². The van der Waals surface area contributed by atoms with E-state index in [1.165, 1.54) is 6.92 Å². The Morgan fingerprint density at radius 1 is 1.44 bits per heavy atom. The summed E-state index contributed by atoms with van der Waals surface area (Å²) < 4.78 is 18.3. The van der Waals surface area contributed by atoms with Crippen LogP contribution in [0.25, 0.3) is 0 Å². The third-order valence-electron chi connectivity index (χ3n) is 3.09. The van der Waals surface area contributed by atoms with Gasteiger partial charge in [0.05, 0.1) is 6.17 Å². The summed E-state index contributed by atoms with van der Waals surface area (Å²) in [5.74, 6) is -0.0294. The second-order valence-corrected chi connectivity index (χ2v) is 6.10. The van der Waals surface area contributed by atoms with Crippen LogP contribution in [0.5, 0.6) is 0 Å². The van der Waals surface area contributed by atoms with Crippen LogP contribution >= 0.6 is 0 Å². The standard InChI is InChI=1S/C13H24FNO3/c1-9(14)5-10-6-15(7-11(10)8-16)12(17)18-13(2,3)4/h9-11,16H,5-8H2,1-4H3. The first-order chi connectivity index (χ1) is 8.23. The van der Waals surface area contributed by atoms with Crippen molar-refractivity contribution in [2.75, 3.05) is 19.7 Å². The average molecular weight is 261 g/mol. The van der Waals surface area contributed by atoms with Gasteiger partial charge in [0.2, 0.25) is 0 Å². The van der Waals surface area contributed by atoms with Crippen molar-refractivity contribution in [1.29, 1.82) is 0 Å². The minimum absolute atomic E-state index is 0.0162. The maximum absolute atomic E-state index is 13.0.